The van der Waals surface area contributed by atoms with Crippen molar-refractivity contribution in [1.82, 2.24) is 0 Å². The van der Waals surface area contributed by atoms with Gasteiger partial charge in [-0.05, 0) is 12.8 Å². The van der Waals surface area contributed by atoms with Gasteiger partial charge in [0.25, 0.3) is 0 Å². The second-order valence-corrected chi connectivity index (χ2v) is 15.7. The van der Waals surface area contributed by atoms with E-state index in [2.05, 4.69) is 0 Å². The first-order valence-corrected chi connectivity index (χ1v) is 16.7. The maximum atomic E-state index is 14.2. The van der Waals surface area contributed by atoms with Crippen molar-refractivity contribution in [3.05, 3.63) is 0 Å². The van der Waals surface area contributed by atoms with Gasteiger partial charge in [-0.3, -0.25) is 0 Å². The number of alkyl halides is 36. The van der Waals surface area contributed by atoms with E-state index < -0.39 is 142 Å². The standard InChI is InChI=1S/C24H14F34I2/c25-9(26,11(29,30)13(33,34)15(37,38)17(41,42)19(45,46)21(49,50)23(53,54)55)5-7(59)3-1-2-4-8(60)6-10(27,28)12(31,32)14(35,36)16(39,40)18(43,44)20(47,48)22(51,52)24(56,57)58/h7-8H,1-6H2. The van der Waals surface area contributed by atoms with E-state index in [0.717, 1.165) is 0 Å². The quantitative estimate of drug-likeness (QED) is 0.0465. The van der Waals surface area contributed by atoms with Crippen molar-refractivity contribution in [3.8, 4) is 0 Å². The summed E-state index contributed by atoms with van der Waals surface area (Å²) in [6.07, 6.45) is -26.6. The number of hydrogen-bond donors (Lipinski definition) is 0. The van der Waals surface area contributed by atoms with E-state index >= 15 is 0 Å². The van der Waals surface area contributed by atoms with Gasteiger partial charge in [0.15, 0.2) is 0 Å². The average Bonchev–Trinajstić information content (AvgIpc) is 3.00. The summed E-state index contributed by atoms with van der Waals surface area (Å²) in [5, 5.41) is 0. The minimum atomic E-state index is -8.92. The van der Waals surface area contributed by atoms with Gasteiger partial charge in [0.2, 0.25) is 0 Å². The van der Waals surface area contributed by atoms with E-state index in [1.807, 2.05) is 0 Å². The number of halogens is 36. The van der Waals surface area contributed by atoms with Crippen LogP contribution in [0.5, 0.6) is 0 Å². The van der Waals surface area contributed by atoms with Crippen LogP contribution >= 0.6 is 45.2 Å². The van der Waals surface area contributed by atoms with Crippen molar-refractivity contribution >= 4 is 45.2 Å². The predicted octanol–water partition coefficient (Wildman–Crippen LogP) is 15.0. The van der Waals surface area contributed by atoms with Crippen LogP contribution in [0, 0.1) is 0 Å². The Morgan fingerprint density at radius 3 is 0.550 bits per heavy atom. The molecule has 2 atom stereocenters. The highest BCUT2D eigenvalue weighted by molar-refractivity contribution is 14.1. The van der Waals surface area contributed by atoms with Crippen LogP contribution in [0.25, 0.3) is 0 Å². The van der Waals surface area contributed by atoms with E-state index in [1.165, 1.54) is 0 Å². The maximum Gasteiger partial charge on any atom is 0.460 e. The molecule has 36 heteroatoms. The summed E-state index contributed by atoms with van der Waals surface area (Å²) >= 11 is 0.986. The first kappa shape index (κ1) is 59.1. The molecule has 0 radical (unpaired) electrons. The zero-order valence-corrected chi connectivity index (χ0v) is 31.3. The molecule has 362 valence electrons. The molecule has 0 aliphatic carbocycles. The molecule has 0 aliphatic heterocycles. The van der Waals surface area contributed by atoms with E-state index in [0.29, 0.717) is 45.2 Å². The van der Waals surface area contributed by atoms with Crippen LogP contribution in [0.1, 0.15) is 38.5 Å². The Hall–Kier alpha value is -0.920. The maximum absolute atomic E-state index is 14.2. The summed E-state index contributed by atoms with van der Waals surface area (Å²) in [6, 6.07) is 0. The highest BCUT2D eigenvalue weighted by Crippen LogP contribution is 2.66. The number of unbranched alkanes of at least 4 members (excludes halogenated alkanes) is 1. The van der Waals surface area contributed by atoms with Gasteiger partial charge in [-0.2, -0.15) is 149 Å². The molecule has 0 rings (SSSR count). The highest BCUT2D eigenvalue weighted by atomic mass is 127. The van der Waals surface area contributed by atoms with Gasteiger partial charge in [-0.15, -0.1) is 0 Å². The summed E-state index contributed by atoms with van der Waals surface area (Å²) in [6.45, 7) is 0. The minimum absolute atomic E-state index is 0.493. The lowest BCUT2D eigenvalue weighted by atomic mass is 9.87. The fourth-order valence-corrected chi connectivity index (χ4v) is 6.13. The van der Waals surface area contributed by atoms with Gasteiger partial charge in [0.05, 0.1) is 0 Å². The Bertz CT molecular complexity index is 1350. The van der Waals surface area contributed by atoms with Crippen molar-refractivity contribution < 1.29 is 149 Å². The molecular formula is C24H14F34I2. The van der Waals surface area contributed by atoms with E-state index in [1.54, 1.807) is 0 Å². The summed E-state index contributed by atoms with van der Waals surface area (Å²) in [5.41, 5.74) is 0. The van der Waals surface area contributed by atoms with Gasteiger partial charge < -0.3 is 0 Å². The van der Waals surface area contributed by atoms with Gasteiger partial charge in [0.1, 0.15) is 0 Å². The minimum Gasteiger partial charge on any atom is -0.200 e. The molecule has 60 heavy (non-hydrogen) atoms. The Kier molecular flexibility index (Phi) is 16.3. The molecular weight excluding hydrogens is 1190 g/mol. The van der Waals surface area contributed by atoms with Crippen LogP contribution < -0.4 is 0 Å². The molecule has 2 unspecified atom stereocenters. The molecule has 0 fully saturated rings. The summed E-state index contributed by atoms with van der Waals surface area (Å²) in [4.78, 5) is 0. The topological polar surface area (TPSA) is 0 Å². The van der Waals surface area contributed by atoms with Crippen LogP contribution in [0.2, 0.25) is 0 Å². The van der Waals surface area contributed by atoms with Crippen LogP contribution in [0.15, 0.2) is 0 Å². The summed E-state index contributed by atoms with van der Waals surface area (Å²) < 4.78 is 451. The van der Waals surface area contributed by atoms with Crippen molar-refractivity contribution in [2.45, 2.75) is 142 Å². The SMILES string of the molecule is FC(F)(F)C(F)(F)C(F)(F)C(F)(F)C(F)(F)C(F)(F)C(F)(F)C(F)(F)CC(I)CCCCC(I)CC(F)(F)C(F)(F)C(F)(F)C(F)(F)C(F)(F)C(F)(F)C(F)(F)C(F)(F)F. The molecule has 0 aliphatic rings. The van der Waals surface area contributed by atoms with Gasteiger partial charge in [0, 0.05) is 20.7 Å². The monoisotopic (exact) mass is 1200 g/mol. The first-order chi connectivity index (χ1) is 25.5. The Morgan fingerprint density at radius 1 is 0.233 bits per heavy atom. The normalized spacial score (nSPS) is 17.6. The Labute approximate surface area is 335 Å². The lowest BCUT2D eigenvalue weighted by molar-refractivity contribution is -0.461. The number of hydrogen-bond acceptors (Lipinski definition) is 0. The van der Waals surface area contributed by atoms with Crippen LogP contribution in [-0.2, 0) is 0 Å². The van der Waals surface area contributed by atoms with Crippen molar-refractivity contribution in [1.29, 1.82) is 0 Å². The molecule has 0 heterocycles. The lowest BCUT2D eigenvalue weighted by Crippen LogP contribution is -2.74. The molecule has 0 amide bonds. The molecule has 0 nitrogen and oxygen atoms in total. The van der Waals surface area contributed by atoms with Gasteiger partial charge in [-0.25, -0.2) is 0 Å². The predicted molar refractivity (Wildman–Crippen MR) is 145 cm³/mol. The highest BCUT2D eigenvalue weighted by Gasteiger charge is 2.97. The zero-order chi connectivity index (χ0) is 49.4. The number of rotatable bonds is 21. The van der Waals surface area contributed by atoms with E-state index in [9.17, 15) is 149 Å². The van der Waals surface area contributed by atoms with Crippen LogP contribution in [-0.4, -0.2) is 103 Å². The second kappa shape index (κ2) is 16.5. The third-order valence-electron chi connectivity index (χ3n) is 7.81. The molecule has 0 aromatic rings. The van der Waals surface area contributed by atoms with Crippen LogP contribution in [0.4, 0.5) is 149 Å². The second-order valence-electron chi connectivity index (χ2n) is 12.2. The lowest BCUT2D eigenvalue weighted by Gasteiger charge is -2.43. The zero-order valence-electron chi connectivity index (χ0n) is 27.0. The summed E-state index contributed by atoms with van der Waals surface area (Å²) in [7, 11) is 0. The molecule has 0 aromatic heterocycles. The first-order valence-electron chi connectivity index (χ1n) is 14.2. The largest absolute Gasteiger partial charge is 0.460 e. The van der Waals surface area contributed by atoms with E-state index in [-0.39, 0.29) is 0 Å². The van der Waals surface area contributed by atoms with Crippen molar-refractivity contribution in [2.75, 3.05) is 0 Å². The third-order valence-corrected chi connectivity index (χ3v) is 9.94. The average molecular weight is 1200 g/mol. The molecule has 0 aromatic carbocycles. The van der Waals surface area contributed by atoms with E-state index in [4.69, 9.17) is 0 Å². The van der Waals surface area contributed by atoms with Gasteiger partial charge >= 0.3 is 95.3 Å². The Morgan fingerprint density at radius 2 is 0.383 bits per heavy atom. The third kappa shape index (κ3) is 8.89. The Balaban J connectivity index is 6.08. The summed E-state index contributed by atoms with van der Waals surface area (Å²) in [5.74, 6) is -117. The van der Waals surface area contributed by atoms with Crippen molar-refractivity contribution in [2.24, 2.45) is 0 Å². The molecule has 0 N–H and O–H groups in total. The molecule has 0 bridgehead atoms. The van der Waals surface area contributed by atoms with Crippen molar-refractivity contribution in [3.63, 3.8) is 0 Å². The molecule has 0 saturated heterocycles. The fourth-order valence-electron chi connectivity index (χ4n) is 4.14. The van der Waals surface area contributed by atoms with Gasteiger partial charge in [-0.1, -0.05) is 58.0 Å². The van der Waals surface area contributed by atoms with Crippen LogP contribution in [0.3, 0.4) is 0 Å². The fraction of sp³-hybridized carbons (Fsp3) is 1.00. The smallest absolute Gasteiger partial charge is 0.200 e. The molecule has 0 saturated carbocycles. The molecule has 0 spiro atoms.